The van der Waals surface area contributed by atoms with Crippen LogP contribution in [-0.4, -0.2) is 43.5 Å². The van der Waals surface area contributed by atoms with Crippen molar-refractivity contribution in [2.24, 2.45) is 0 Å². The van der Waals surface area contributed by atoms with Gasteiger partial charge in [0.15, 0.2) is 0 Å². The monoisotopic (exact) mass is 273 g/mol. The molecule has 1 atom stereocenters. The number of nitrogens with one attached hydrogen (secondary N) is 2. The van der Waals surface area contributed by atoms with E-state index in [0.717, 1.165) is 51.0 Å². The second-order valence-corrected chi connectivity index (χ2v) is 5.92. The molecule has 4 heteroatoms. The number of hydrogen-bond acceptors (Lipinski definition) is 3. The summed E-state index contributed by atoms with van der Waals surface area (Å²) in [4.78, 5) is 14.5. The highest BCUT2D eigenvalue weighted by molar-refractivity contribution is 5.95. The summed E-state index contributed by atoms with van der Waals surface area (Å²) in [5.41, 5.74) is 3.74. The second-order valence-electron chi connectivity index (χ2n) is 5.92. The fraction of sp³-hybridized carbons (Fsp3) is 0.562. The predicted octanol–water partition coefficient (Wildman–Crippen LogP) is 1.41. The smallest absolute Gasteiger partial charge is 0.241 e. The van der Waals surface area contributed by atoms with Crippen molar-refractivity contribution >= 4 is 11.6 Å². The molecule has 1 aromatic carbocycles. The van der Waals surface area contributed by atoms with E-state index in [0.29, 0.717) is 0 Å². The summed E-state index contributed by atoms with van der Waals surface area (Å²) < 4.78 is 0. The number of rotatable bonds is 2. The summed E-state index contributed by atoms with van der Waals surface area (Å²) in [6.07, 6.45) is 4.21. The van der Waals surface area contributed by atoms with Crippen LogP contribution in [0.5, 0.6) is 0 Å². The van der Waals surface area contributed by atoms with Gasteiger partial charge in [-0.25, -0.2) is 0 Å². The highest BCUT2D eigenvalue weighted by atomic mass is 16.2. The van der Waals surface area contributed by atoms with Crippen LogP contribution in [0.2, 0.25) is 0 Å². The molecule has 2 heterocycles. The van der Waals surface area contributed by atoms with E-state index in [1.54, 1.807) is 0 Å². The van der Waals surface area contributed by atoms with Gasteiger partial charge < -0.3 is 15.5 Å². The molecular weight excluding hydrogens is 250 g/mol. The van der Waals surface area contributed by atoms with Gasteiger partial charge in [0.05, 0.1) is 6.04 Å². The van der Waals surface area contributed by atoms with Crippen molar-refractivity contribution in [1.29, 1.82) is 0 Å². The Bertz CT molecular complexity index is 494. The predicted molar refractivity (Wildman–Crippen MR) is 81.0 cm³/mol. The summed E-state index contributed by atoms with van der Waals surface area (Å²) in [5, 5.41) is 6.29. The zero-order chi connectivity index (χ0) is 13.9. The topological polar surface area (TPSA) is 44.4 Å². The van der Waals surface area contributed by atoms with Crippen LogP contribution in [0.3, 0.4) is 0 Å². The lowest BCUT2D eigenvalue weighted by Gasteiger charge is -2.13. The Morgan fingerprint density at radius 1 is 1.30 bits per heavy atom. The average Bonchev–Trinajstić information content (AvgIpc) is 2.92. The molecule has 0 spiro atoms. The number of likely N-dealkylation sites (N-methyl/N-ethyl adjacent to an activating group) is 1. The maximum Gasteiger partial charge on any atom is 0.241 e. The van der Waals surface area contributed by atoms with E-state index in [9.17, 15) is 4.79 Å². The molecule has 0 aromatic heterocycles. The molecule has 0 unspecified atom stereocenters. The van der Waals surface area contributed by atoms with E-state index >= 15 is 0 Å². The van der Waals surface area contributed by atoms with Gasteiger partial charge in [-0.15, -0.1) is 0 Å². The molecule has 108 valence electrons. The summed E-state index contributed by atoms with van der Waals surface area (Å²) in [5.74, 6) is 0.105. The number of amides is 1. The van der Waals surface area contributed by atoms with E-state index in [4.69, 9.17) is 0 Å². The van der Waals surface area contributed by atoms with Gasteiger partial charge in [-0.3, -0.25) is 4.79 Å². The van der Waals surface area contributed by atoms with Gasteiger partial charge in [-0.05, 0) is 62.5 Å². The Morgan fingerprint density at radius 2 is 2.10 bits per heavy atom. The average molecular weight is 273 g/mol. The molecule has 0 saturated carbocycles. The first-order valence-corrected chi connectivity index (χ1v) is 7.57. The molecule has 4 nitrogen and oxygen atoms in total. The lowest BCUT2D eigenvalue weighted by Crippen LogP contribution is -2.35. The molecule has 2 N–H and O–H groups in total. The highest BCUT2D eigenvalue weighted by Crippen LogP contribution is 2.20. The first-order chi connectivity index (χ1) is 9.72. The minimum absolute atomic E-state index is 0.0139. The third-order valence-electron chi connectivity index (χ3n) is 4.38. The van der Waals surface area contributed by atoms with Crippen LogP contribution in [0.25, 0.3) is 0 Å². The molecule has 1 aromatic rings. The minimum Gasteiger partial charge on any atom is -0.325 e. The zero-order valence-electron chi connectivity index (χ0n) is 12.1. The minimum atomic E-state index is -0.0139. The largest absolute Gasteiger partial charge is 0.325 e. The summed E-state index contributed by atoms with van der Waals surface area (Å²) >= 11 is 0. The molecule has 1 saturated heterocycles. The first-order valence-electron chi connectivity index (χ1n) is 7.57. The SMILES string of the molecule is CN1CCc2ccc(NC(=O)[C@H]3CCCN3)cc2CC1. The number of anilines is 1. The van der Waals surface area contributed by atoms with E-state index in [1.807, 2.05) is 6.07 Å². The summed E-state index contributed by atoms with van der Waals surface area (Å²) in [7, 11) is 2.17. The van der Waals surface area contributed by atoms with Gasteiger partial charge in [0, 0.05) is 18.8 Å². The highest BCUT2D eigenvalue weighted by Gasteiger charge is 2.22. The van der Waals surface area contributed by atoms with E-state index in [1.165, 1.54) is 11.1 Å². The molecule has 0 radical (unpaired) electrons. The summed E-state index contributed by atoms with van der Waals surface area (Å²) in [6.45, 7) is 3.16. The maximum absolute atomic E-state index is 12.1. The Hall–Kier alpha value is -1.39. The van der Waals surface area contributed by atoms with Crippen molar-refractivity contribution in [3.05, 3.63) is 29.3 Å². The fourth-order valence-electron chi connectivity index (χ4n) is 3.05. The van der Waals surface area contributed by atoms with Gasteiger partial charge >= 0.3 is 0 Å². The molecule has 1 amide bonds. The maximum atomic E-state index is 12.1. The second kappa shape index (κ2) is 5.94. The van der Waals surface area contributed by atoms with Crippen LogP contribution < -0.4 is 10.6 Å². The molecule has 2 aliphatic rings. The van der Waals surface area contributed by atoms with E-state index in [2.05, 4.69) is 34.7 Å². The number of nitrogens with zero attached hydrogens (tertiary/aromatic N) is 1. The van der Waals surface area contributed by atoms with Gasteiger partial charge in [-0.2, -0.15) is 0 Å². The van der Waals surface area contributed by atoms with Gasteiger partial charge in [0.2, 0.25) is 5.91 Å². The van der Waals surface area contributed by atoms with Gasteiger partial charge in [-0.1, -0.05) is 6.07 Å². The van der Waals surface area contributed by atoms with Crippen molar-refractivity contribution in [3.8, 4) is 0 Å². The van der Waals surface area contributed by atoms with Gasteiger partial charge in [0.1, 0.15) is 0 Å². The Balaban J connectivity index is 1.70. The Kier molecular flexibility index (Phi) is 4.03. The summed E-state index contributed by atoms with van der Waals surface area (Å²) in [6, 6.07) is 6.35. The van der Waals surface area contributed by atoms with Crippen molar-refractivity contribution in [2.75, 3.05) is 32.0 Å². The van der Waals surface area contributed by atoms with E-state index in [-0.39, 0.29) is 11.9 Å². The number of benzene rings is 1. The van der Waals surface area contributed by atoms with Crippen molar-refractivity contribution in [2.45, 2.75) is 31.7 Å². The molecule has 2 aliphatic heterocycles. The third kappa shape index (κ3) is 3.02. The molecule has 0 aliphatic carbocycles. The number of carbonyl (C=O) groups is 1. The lowest BCUT2D eigenvalue weighted by atomic mass is 10.0. The quantitative estimate of drug-likeness (QED) is 0.856. The molecule has 20 heavy (non-hydrogen) atoms. The zero-order valence-corrected chi connectivity index (χ0v) is 12.1. The van der Waals surface area contributed by atoms with Crippen molar-refractivity contribution in [3.63, 3.8) is 0 Å². The third-order valence-corrected chi connectivity index (χ3v) is 4.38. The normalized spacial score (nSPS) is 23.1. The molecular formula is C16H23N3O. The Morgan fingerprint density at radius 3 is 2.85 bits per heavy atom. The Labute approximate surface area is 120 Å². The lowest BCUT2D eigenvalue weighted by molar-refractivity contribution is -0.117. The van der Waals surface area contributed by atoms with E-state index < -0.39 is 0 Å². The standard InChI is InChI=1S/C16H23N3O/c1-19-9-6-12-4-5-14(11-13(12)7-10-19)18-16(20)15-3-2-8-17-15/h4-5,11,15,17H,2-3,6-10H2,1H3,(H,18,20)/t15-/m1/s1. The van der Waals surface area contributed by atoms with Crippen LogP contribution in [0.4, 0.5) is 5.69 Å². The molecule has 3 rings (SSSR count). The van der Waals surface area contributed by atoms with Crippen molar-refractivity contribution < 1.29 is 4.79 Å². The number of hydrogen-bond donors (Lipinski definition) is 2. The number of carbonyl (C=O) groups excluding carboxylic acids is 1. The van der Waals surface area contributed by atoms with Crippen LogP contribution in [0.1, 0.15) is 24.0 Å². The van der Waals surface area contributed by atoms with Gasteiger partial charge in [0.25, 0.3) is 0 Å². The first kappa shape index (κ1) is 13.6. The van der Waals surface area contributed by atoms with Crippen LogP contribution in [0, 0.1) is 0 Å². The molecule has 1 fully saturated rings. The molecule has 0 bridgehead atoms. The fourth-order valence-corrected chi connectivity index (χ4v) is 3.05. The number of fused-ring (bicyclic) bond motifs is 1. The van der Waals surface area contributed by atoms with Crippen LogP contribution in [0.15, 0.2) is 18.2 Å². The van der Waals surface area contributed by atoms with Crippen LogP contribution >= 0.6 is 0 Å². The van der Waals surface area contributed by atoms with Crippen LogP contribution in [-0.2, 0) is 17.6 Å². The van der Waals surface area contributed by atoms with Crippen molar-refractivity contribution in [1.82, 2.24) is 10.2 Å².